The summed E-state index contributed by atoms with van der Waals surface area (Å²) < 4.78 is 0. The summed E-state index contributed by atoms with van der Waals surface area (Å²) in [4.78, 5) is 32.7. The van der Waals surface area contributed by atoms with Gasteiger partial charge in [-0.3, -0.25) is 14.5 Å². The Hall–Kier alpha value is -2.66. The Morgan fingerprint density at radius 3 is 2.32 bits per heavy atom. The van der Waals surface area contributed by atoms with Crippen LogP contribution in [0.5, 0.6) is 0 Å². The number of benzene rings is 2. The van der Waals surface area contributed by atoms with Crippen molar-refractivity contribution < 1.29 is 9.59 Å². The smallest absolute Gasteiger partial charge is 0.255 e. The first-order valence-electron chi connectivity index (χ1n) is 10.1. The van der Waals surface area contributed by atoms with Gasteiger partial charge in [0.25, 0.3) is 5.91 Å². The minimum absolute atomic E-state index is 0.0310. The third-order valence-corrected chi connectivity index (χ3v) is 5.73. The van der Waals surface area contributed by atoms with E-state index in [4.69, 9.17) is 0 Å². The lowest BCUT2D eigenvalue weighted by Crippen LogP contribution is -2.52. The van der Waals surface area contributed by atoms with Crippen LogP contribution in [0.15, 0.2) is 54.6 Å². The quantitative estimate of drug-likeness (QED) is 0.805. The van der Waals surface area contributed by atoms with Crippen molar-refractivity contribution in [3.63, 3.8) is 0 Å². The summed E-state index contributed by atoms with van der Waals surface area (Å²) in [6, 6.07) is 16.8. The van der Waals surface area contributed by atoms with Gasteiger partial charge in [-0.15, -0.1) is 0 Å². The van der Waals surface area contributed by atoms with Crippen LogP contribution in [0.3, 0.4) is 0 Å². The van der Waals surface area contributed by atoms with Gasteiger partial charge in [-0.1, -0.05) is 55.5 Å². The fourth-order valence-corrected chi connectivity index (χ4v) is 4.26. The Balaban J connectivity index is 1.59. The van der Waals surface area contributed by atoms with Gasteiger partial charge in [0.2, 0.25) is 5.91 Å². The van der Waals surface area contributed by atoms with Crippen molar-refractivity contribution in [1.29, 1.82) is 0 Å². The highest BCUT2D eigenvalue weighted by molar-refractivity contribution is 6.01. The third-order valence-electron chi connectivity index (χ3n) is 5.73. The fraction of sp³-hybridized carbons (Fsp3) is 0.391. The average Bonchev–Trinajstić information content (AvgIpc) is 3.06. The first-order chi connectivity index (χ1) is 13.7. The number of carbonyl (C=O) groups is 2. The second-order valence-corrected chi connectivity index (χ2v) is 7.57. The lowest BCUT2D eigenvalue weighted by Gasteiger charge is -2.38. The van der Waals surface area contributed by atoms with Gasteiger partial charge < -0.3 is 9.80 Å². The minimum Gasteiger partial charge on any atom is -0.338 e. The highest BCUT2D eigenvalue weighted by atomic mass is 16.2. The van der Waals surface area contributed by atoms with Crippen molar-refractivity contribution in [2.75, 3.05) is 32.7 Å². The Bertz CT molecular complexity index is 844. The zero-order valence-corrected chi connectivity index (χ0v) is 16.4. The first kappa shape index (κ1) is 18.7. The zero-order valence-electron chi connectivity index (χ0n) is 16.4. The van der Waals surface area contributed by atoms with Gasteiger partial charge in [0.05, 0.1) is 0 Å². The number of carbonyl (C=O) groups excluding carboxylic acids is 2. The number of hydrogen-bond acceptors (Lipinski definition) is 3. The average molecular weight is 377 g/mol. The molecular weight excluding hydrogens is 350 g/mol. The molecule has 1 saturated heterocycles. The topological polar surface area (TPSA) is 43.9 Å². The van der Waals surface area contributed by atoms with Crippen LogP contribution >= 0.6 is 0 Å². The summed E-state index contributed by atoms with van der Waals surface area (Å²) in [6.45, 7) is 6.97. The molecule has 146 valence electrons. The maximum Gasteiger partial charge on any atom is 0.255 e. The van der Waals surface area contributed by atoms with E-state index >= 15 is 0 Å². The molecule has 2 aromatic rings. The number of fused-ring (bicyclic) bond motifs is 1. The van der Waals surface area contributed by atoms with E-state index in [2.05, 4.69) is 11.8 Å². The molecule has 5 heteroatoms. The molecule has 0 unspecified atom stereocenters. The van der Waals surface area contributed by atoms with Crippen molar-refractivity contribution >= 4 is 11.8 Å². The molecule has 2 amide bonds. The van der Waals surface area contributed by atoms with Gasteiger partial charge in [0, 0.05) is 38.3 Å². The predicted molar refractivity (Wildman–Crippen MR) is 109 cm³/mol. The fourth-order valence-electron chi connectivity index (χ4n) is 4.26. The summed E-state index contributed by atoms with van der Waals surface area (Å²) in [5, 5.41) is 0. The molecule has 0 N–H and O–H groups in total. The normalized spacial score (nSPS) is 18.2. The summed E-state index contributed by atoms with van der Waals surface area (Å²) >= 11 is 0. The molecule has 2 aromatic carbocycles. The van der Waals surface area contributed by atoms with Crippen LogP contribution in [0.25, 0.3) is 0 Å². The first-order valence-corrected chi connectivity index (χ1v) is 10.1. The summed E-state index contributed by atoms with van der Waals surface area (Å²) in [6.07, 6.45) is 1.13. The van der Waals surface area contributed by atoms with E-state index in [1.54, 1.807) is 4.90 Å². The van der Waals surface area contributed by atoms with Gasteiger partial charge in [-0.2, -0.15) is 0 Å². The van der Waals surface area contributed by atoms with E-state index in [1.807, 2.05) is 59.5 Å². The lowest BCUT2D eigenvalue weighted by molar-refractivity contribution is -0.138. The van der Waals surface area contributed by atoms with Gasteiger partial charge in [-0.25, -0.2) is 0 Å². The SMILES string of the molecule is CCCN1CCN(C(=O)[C@@H](c2ccccc2)N2Cc3ccccc3C2=O)CC1. The van der Waals surface area contributed by atoms with Gasteiger partial charge >= 0.3 is 0 Å². The zero-order chi connectivity index (χ0) is 19.5. The van der Waals surface area contributed by atoms with Crippen molar-refractivity contribution in [3.05, 3.63) is 71.3 Å². The number of rotatable bonds is 5. The van der Waals surface area contributed by atoms with Crippen LogP contribution in [-0.2, 0) is 11.3 Å². The Labute approximate surface area is 166 Å². The van der Waals surface area contributed by atoms with Crippen LogP contribution < -0.4 is 0 Å². The second kappa shape index (κ2) is 8.15. The van der Waals surface area contributed by atoms with Gasteiger partial charge in [-0.05, 0) is 30.2 Å². The molecule has 0 spiro atoms. The molecule has 0 radical (unpaired) electrons. The molecule has 28 heavy (non-hydrogen) atoms. The highest BCUT2D eigenvalue weighted by Gasteiger charge is 2.39. The second-order valence-electron chi connectivity index (χ2n) is 7.57. The number of nitrogens with zero attached hydrogens (tertiary/aromatic N) is 3. The van der Waals surface area contributed by atoms with Crippen molar-refractivity contribution in [1.82, 2.24) is 14.7 Å². The molecule has 0 aromatic heterocycles. The molecule has 1 fully saturated rings. The van der Waals surface area contributed by atoms with Crippen LogP contribution in [0.4, 0.5) is 0 Å². The van der Waals surface area contributed by atoms with E-state index in [0.717, 1.165) is 50.3 Å². The molecule has 0 saturated carbocycles. The van der Waals surface area contributed by atoms with Crippen molar-refractivity contribution in [3.8, 4) is 0 Å². The molecular formula is C23H27N3O2. The van der Waals surface area contributed by atoms with Crippen molar-refractivity contribution in [2.24, 2.45) is 0 Å². The molecule has 2 aliphatic rings. The molecule has 0 bridgehead atoms. The molecule has 0 aliphatic carbocycles. The minimum atomic E-state index is -0.571. The van der Waals surface area contributed by atoms with Crippen LogP contribution in [-0.4, -0.2) is 59.2 Å². The standard InChI is InChI=1S/C23H27N3O2/c1-2-12-24-13-15-25(16-14-24)23(28)21(18-8-4-3-5-9-18)26-17-19-10-6-7-11-20(19)22(26)27/h3-11,21H,2,12-17H2,1H3/t21-/m1/s1. The lowest BCUT2D eigenvalue weighted by atomic mass is 10.0. The van der Waals surface area contributed by atoms with Crippen LogP contribution in [0, 0.1) is 0 Å². The van der Waals surface area contributed by atoms with Gasteiger partial charge in [0.1, 0.15) is 6.04 Å². The number of amides is 2. The van der Waals surface area contributed by atoms with E-state index in [-0.39, 0.29) is 11.8 Å². The number of hydrogen-bond donors (Lipinski definition) is 0. The highest BCUT2D eigenvalue weighted by Crippen LogP contribution is 2.32. The van der Waals surface area contributed by atoms with E-state index in [1.165, 1.54) is 0 Å². The molecule has 2 aliphatic heterocycles. The van der Waals surface area contributed by atoms with Crippen molar-refractivity contribution in [2.45, 2.75) is 25.9 Å². The maximum absolute atomic E-state index is 13.6. The summed E-state index contributed by atoms with van der Waals surface area (Å²) in [5.41, 5.74) is 2.59. The Morgan fingerprint density at radius 2 is 1.64 bits per heavy atom. The van der Waals surface area contributed by atoms with E-state index in [0.29, 0.717) is 12.1 Å². The molecule has 5 nitrogen and oxygen atoms in total. The van der Waals surface area contributed by atoms with E-state index in [9.17, 15) is 9.59 Å². The van der Waals surface area contributed by atoms with Crippen LogP contribution in [0.1, 0.15) is 40.9 Å². The Morgan fingerprint density at radius 1 is 0.964 bits per heavy atom. The van der Waals surface area contributed by atoms with Gasteiger partial charge in [0.15, 0.2) is 0 Å². The molecule has 2 heterocycles. The van der Waals surface area contributed by atoms with Crippen LogP contribution in [0.2, 0.25) is 0 Å². The monoisotopic (exact) mass is 377 g/mol. The maximum atomic E-state index is 13.6. The predicted octanol–water partition coefficient (Wildman–Crippen LogP) is 2.94. The molecule has 4 rings (SSSR count). The molecule has 1 atom stereocenters. The summed E-state index contributed by atoms with van der Waals surface area (Å²) in [5.74, 6) is -0.0223. The van der Waals surface area contributed by atoms with E-state index < -0.39 is 6.04 Å². The Kier molecular flexibility index (Phi) is 5.44. The third kappa shape index (κ3) is 3.54. The summed E-state index contributed by atoms with van der Waals surface area (Å²) in [7, 11) is 0. The largest absolute Gasteiger partial charge is 0.338 e. The number of piperazine rings is 1.